The van der Waals surface area contributed by atoms with Crippen LogP contribution < -0.4 is 5.32 Å². The maximum atomic E-state index is 13.0. The van der Waals surface area contributed by atoms with Gasteiger partial charge in [-0.2, -0.15) is 0 Å². The van der Waals surface area contributed by atoms with E-state index < -0.39 is 0 Å². The smallest absolute Gasteiger partial charge is 0.243 e. The molecule has 27 heavy (non-hydrogen) atoms. The van der Waals surface area contributed by atoms with Gasteiger partial charge in [0.25, 0.3) is 0 Å². The summed E-state index contributed by atoms with van der Waals surface area (Å²) in [6.45, 7) is 5.47. The Balaban J connectivity index is 1.56. The van der Waals surface area contributed by atoms with Crippen molar-refractivity contribution in [2.24, 2.45) is 0 Å². The van der Waals surface area contributed by atoms with Crippen LogP contribution >= 0.6 is 0 Å². The SMILES string of the molecule is CCc1nc2ccccc2n1[C@H](CC)C(=O)NCc1nnc2n1CCCC2. The highest BCUT2D eigenvalue weighted by Crippen LogP contribution is 2.24. The van der Waals surface area contributed by atoms with Crippen molar-refractivity contribution in [1.82, 2.24) is 29.6 Å². The molecule has 0 unspecified atom stereocenters. The first-order valence-electron chi connectivity index (χ1n) is 9.87. The van der Waals surface area contributed by atoms with Crippen LogP contribution in [0.15, 0.2) is 24.3 Å². The van der Waals surface area contributed by atoms with Crippen molar-refractivity contribution in [3.63, 3.8) is 0 Å². The Labute approximate surface area is 158 Å². The summed E-state index contributed by atoms with van der Waals surface area (Å²) >= 11 is 0. The van der Waals surface area contributed by atoms with Gasteiger partial charge < -0.3 is 14.5 Å². The number of hydrogen-bond acceptors (Lipinski definition) is 4. The van der Waals surface area contributed by atoms with Crippen LogP contribution in [-0.2, 0) is 30.7 Å². The lowest BCUT2D eigenvalue weighted by atomic mass is 10.1. The molecule has 0 spiro atoms. The van der Waals surface area contributed by atoms with Gasteiger partial charge in [-0.3, -0.25) is 4.79 Å². The Morgan fingerprint density at radius 3 is 2.85 bits per heavy atom. The standard InChI is InChI=1S/C20H26N6O/c1-3-15(26-16-10-6-5-9-14(16)22-17(26)4-2)20(27)21-13-19-24-23-18-11-7-8-12-25(18)19/h5-6,9-10,15H,3-4,7-8,11-13H2,1-2H3,(H,21,27)/t15-/m1/s1. The highest BCUT2D eigenvalue weighted by atomic mass is 16.2. The summed E-state index contributed by atoms with van der Waals surface area (Å²) < 4.78 is 4.23. The summed E-state index contributed by atoms with van der Waals surface area (Å²) in [5, 5.41) is 11.6. The summed E-state index contributed by atoms with van der Waals surface area (Å²) in [5.41, 5.74) is 1.95. The third-order valence-corrected chi connectivity index (χ3v) is 5.34. The summed E-state index contributed by atoms with van der Waals surface area (Å²) in [6.07, 6.45) is 4.77. The zero-order chi connectivity index (χ0) is 18.8. The molecule has 1 aromatic carbocycles. The fraction of sp³-hybridized carbons (Fsp3) is 0.500. The quantitative estimate of drug-likeness (QED) is 0.728. The van der Waals surface area contributed by atoms with Crippen molar-refractivity contribution in [3.05, 3.63) is 41.7 Å². The van der Waals surface area contributed by atoms with Crippen LogP contribution in [0.2, 0.25) is 0 Å². The molecule has 4 rings (SSSR count). The molecule has 1 aliphatic rings. The van der Waals surface area contributed by atoms with E-state index in [9.17, 15) is 4.79 Å². The molecule has 0 fully saturated rings. The number of amides is 1. The minimum absolute atomic E-state index is 0.00325. The molecule has 7 nitrogen and oxygen atoms in total. The van der Waals surface area contributed by atoms with Crippen LogP contribution in [-0.4, -0.2) is 30.2 Å². The van der Waals surface area contributed by atoms with E-state index in [2.05, 4.69) is 31.6 Å². The van der Waals surface area contributed by atoms with E-state index in [1.165, 1.54) is 0 Å². The van der Waals surface area contributed by atoms with Gasteiger partial charge in [0.15, 0.2) is 5.82 Å². The lowest BCUT2D eigenvalue weighted by Gasteiger charge is -2.20. The minimum Gasteiger partial charge on any atom is -0.347 e. The first-order valence-corrected chi connectivity index (χ1v) is 9.87. The number of aromatic nitrogens is 5. The largest absolute Gasteiger partial charge is 0.347 e. The number of hydrogen-bond donors (Lipinski definition) is 1. The lowest BCUT2D eigenvalue weighted by Crippen LogP contribution is -2.33. The van der Waals surface area contributed by atoms with Gasteiger partial charge in [-0.05, 0) is 31.4 Å². The van der Waals surface area contributed by atoms with E-state index in [1.807, 2.05) is 31.2 Å². The van der Waals surface area contributed by atoms with Crippen LogP contribution in [0.3, 0.4) is 0 Å². The highest BCUT2D eigenvalue weighted by molar-refractivity contribution is 5.84. The van der Waals surface area contributed by atoms with E-state index in [-0.39, 0.29) is 11.9 Å². The lowest BCUT2D eigenvalue weighted by molar-refractivity contribution is -0.124. The molecule has 142 valence electrons. The van der Waals surface area contributed by atoms with E-state index in [1.54, 1.807) is 0 Å². The van der Waals surface area contributed by atoms with E-state index in [4.69, 9.17) is 4.98 Å². The topological polar surface area (TPSA) is 77.6 Å². The molecule has 1 atom stereocenters. The molecule has 3 aromatic rings. The second-order valence-corrected chi connectivity index (χ2v) is 7.02. The number of imidazole rings is 1. The number of aryl methyl sites for hydroxylation is 2. The number of carbonyl (C=O) groups excluding carboxylic acids is 1. The maximum Gasteiger partial charge on any atom is 0.243 e. The number of para-hydroxylation sites is 2. The Bertz CT molecular complexity index is 957. The molecule has 0 bridgehead atoms. The Hall–Kier alpha value is -2.70. The van der Waals surface area contributed by atoms with Gasteiger partial charge in [0.1, 0.15) is 17.7 Å². The fourth-order valence-electron chi connectivity index (χ4n) is 3.96. The fourth-order valence-corrected chi connectivity index (χ4v) is 3.96. The predicted octanol–water partition coefficient (Wildman–Crippen LogP) is 2.79. The van der Waals surface area contributed by atoms with Crippen molar-refractivity contribution in [3.8, 4) is 0 Å². The molecule has 0 aliphatic carbocycles. The van der Waals surface area contributed by atoms with Crippen molar-refractivity contribution >= 4 is 16.9 Å². The van der Waals surface area contributed by atoms with Crippen molar-refractivity contribution in [2.75, 3.05) is 0 Å². The van der Waals surface area contributed by atoms with Crippen molar-refractivity contribution < 1.29 is 4.79 Å². The molecule has 7 heteroatoms. The molecule has 3 heterocycles. The van der Waals surface area contributed by atoms with Crippen molar-refractivity contribution in [2.45, 2.75) is 65.1 Å². The second-order valence-electron chi connectivity index (χ2n) is 7.02. The average Bonchev–Trinajstić information content (AvgIpc) is 3.28. The Morgan fingerprint density at radius 1 is 1.19 bits per heavy atom. The van der Waals surface area contributed by atoms with Crippen LogP contribution in [0.5, 0.6) is 0 Å². The first-order chi connectivity index (χ1) is 13.2. The molecular formula is C20H26N6O. The Morgan fingerprint density at radius 2 is 2.04 bits per heavy atom. The minimum atomic E-state index is -0.281. The predicted molar refractivity (Wildman–Crippen MR) is 103 cm³/mol. The number of nitrogens with one attached hydrogen (secondary N) is 1. The van der Waals surface area contributed by atoms with Gasteiger partial charge in [0.05, 0.1) is 17.6 Å². The number of benzene rings is 1. The zero-order valence-electron chi connectivity index (χ0n) is 16.0. The van der Waals surface area contributed by atoms with Gasteiger partial charge in [-0.15, -0.1) is 10.2 Å². The van der Waals surface area contributed by atoms with Crippen LogP contribution in [0, 0.1) is 0 Å². The van der Waals surface area contributed by atoms with Crippen LogP contribution in [0.25, 0.3) is 11.0 Å². The first kappa shape index (κ1) is 17.7. The summed E-state index contributed by atoms with van der Waals surface area (Å²) in [7, 11) is 0. The summed E-state index contributed by atoms with van der Waals surface area (Å²) in [4.78, 5) is 17.7. The highest BCUT2D eigenvalue weighted by Gasteiger charge is 2.24. The Kier molecular flexibility index (Phi) is 4.92. The van der Waals surface area contributed by atoms with E-state index in [0.29, 0.717) is 13.0 Å². The maximum absolute atomic E-state index is 13.0. The van der Waals surface area contributed by atoms with Crippen LogP contribution in [0.1, 0.15) is 56.6 Å². The average molecular weight is 366 g/mol. The number of nitrogens with zero attached hydrogens (tertiary/aromatic N) is 5. The monoisotopic (exact) mass is 366 g/mol. The molecule has 0 saturated carbocycles. The van der Waals surface area contributed by atoms with Gasteiger partial charge in [-0.25, -0.2) is 4.98 Å². The van der Waals surface area contributed by atoms with Crippen LogP contribution in [0.4, 0.5) is 0 Å². The van der Waals surface area contributed by atoms with E-state index in [0.717, 1.165) is 60.7 Å². The zero-order valence-corrected chi connectivity index (χ0v) is 16.0. The number of carbonyl (C=O) groups is 1. The molecule has 2 aromatic heterocycles. The molecule has 0 radical (unpaired) electrons. The molecular weight excluding hydrogens is 340 g/mol. The summed E-state index contributed by atoms with van der Waals surface area (Å²) in [5.74, 6) is 2.83. The molecule has 1 amide bonds. The normalized spacial score (nSPS) is 14.9. The number of fused-ring (bicyclic) bond motifs is 2. The number of rotatable bonds is 6. The van der Waals surface area contributed by atoms with E-state index >= 15 is 0 Å². The van der Waals surface area contributed by atoms with Gasteiger partial charge in [0, 0.05) is 19.4 Å². The molecule has 0 saturated heterocycles. The third kappa shape index (κ3) is 3.22. The molecule has 1 N–H and O–H groups in total. The third-order valence-electron chi connectivity index (χ3n) is 5.34. The van der Waals surface area contributed by atoms with Crippen molar-refractivity contribution in [1.29, 1.82) is 0 Å². The summed E-state index contributed by atoms with van der Waals surface area (Å²) in [6, 6.07) is 7.72. The second kappa shape index (κ2) is 7.50. The molecule has 1 aliphatic heterocycles. The van der Waals surface area contributed by atoms with Gasteiger partial charge >= 0.3 is 0 Å². The van der Waals surface area contributed by atoms with Gasteiger partial charge in [0.2, 0.25) is 5.91 Å². The van der Waals surface area contributed by atoms with Gasteiger partial charge in [-0.1, -0.05) is 26.0 Å².